The molecule has 3 heteroatoms. The summed E-state index contributed by atoms with van der Waals surface area (Å²) in [5, 5.41) is 8.56. The fraction of sp³-hybridized carbons (Fsp3) is 0.375. The zero-order valence-electron chi connectivity index (χ0n) is 17.2. The first-order valence-electron chi connectivity index (χ1n) is 9.25. The van der Waals surface area contributed by atoms with Crippen LogP contribution in [-0.2, 0) is 15.6 Å². The van der Waals surface area contributed by atoms with Gasteiger partial charge in [0.1, 0.15) is 12.4 Å². The van der Waals surface area contributed by atoms with E-state index in [-0.39, 0.29) is 10.8 Å². The van der Waals surface area contributed by atoms with E-state index in [1.165, 1.54) is 17.2 Å². The Bertz CT molecular complexity index is 822. The summed E-state index contributed by atoms with van der Waals surface area (Å²) in [6, 6.07) is 4.51. The van der Waals surface area contributed by atoms with Crippen molar-refractivity contribution in [3.63, 3.8) is 0 Å². The maximum atomic E-state index is 10.4. The van der Waals surface area contributed by atoms with Crippen LogP contribution in [0.5, 0.6) is 5.75 Å². The minimum absolute atomic E-state index is 0.00569. The maximum Gasteiger partial charge on any atom is 0.328 e. The van der Waals surface area contributed by atoms with Gasteiger partial charge in [0, 0.05) is 17.2 Å². The molecule has 0 aliphatic carbocycles. The number of fused-ring (bicyclic) bond motifs is 1. The fourth-order valence-corrected chi connectivity index (χ4v) is 2.85. The average molecular weight is 367 g/mol. The molecule has 0 saturated carbocycles. The van der Waals surface area contributed by atoms with Gasteiger partial charge in [0.05, 0.1) is 0 Å². The van der Waals surface area contributed by atoms with Gasteiger partial charge in [-0.15, -0.1) is 0 Å². The number of rotatable bonds is 4. The summed E-state index contributed by atoms with van der Waals surface area (Å²) in [4.78, 5) is 10.4. The van der Waals surface area contributed by atoms with Crippen molar-refractivity contribution in [2.75, 3.05) is 6.61 Å². The largest absolute Gasteiger partial charge is 0.488 e. The molecule has 0 aromatic heterocycles. The van der Waals surface area contributed by atoms with Crippen LogP contribution in [0.3, 0.4) is 0 Å². The van der Waals surface area contributed by atoms with E-state index in [0.717, 1.165) is 23.0 Å². The molecule has 1 aromatic carbocycles. The lowest BCUT2D eigenvalue weighted by Crippen LogP contribution is -2.20. The molecule has 0 amide bonds. The summed E-state index contributed by atoms with van der Waals surface area (Å²) >= 11 is 0. The van der Waals surface area contributed by atoms with Crippen molar-refractivity contribution in [3.8, 4) is 5.75 Å². The Kier molecular flexibility index (Phi) is 6.15. The molecule has 0 radical (unpaired) electrons. The van der Waals surface area contributed by atoms with E-state index in [2.05, 4.69) is 59.8 Å². The maximum absolute atomic E-state index is 10.4. The van der Waals surface area contributed by atoms with Crippen LogP contribution in [0.2, 0.25) is 0 Å². The summed E-state index contributed by atoms with van der Waals surface area (Å²) in [7, 11) is 0. The van der Waals surface area contributed by atoms with Crippen molar-refractivity contribution >= 4 is 12.0 Å². The van der Waals surface area contributed by atoms with Gasteiger partial charge in [-0.05, 0) is 34.1 Å². The normalized spacial score (nSPS) is 15.3. The predicted octanol–water partition coefficient (Wildman–Crippen LogP) is 5.81. The Morgan fingerprint density at radius 1 is 1.00 bits per heavy atom. The number of allylic oxidation sites excluding steroid dienone is 4. The Labute approximate surface area is 162 Å². The molecule has 1 N–H and O–H groups in total. The van der Waals surface area contributed by atoms with Crippen molar-refractivity contribution in [3.05, 3.63) is 70.9 Å². The minimum atomic E-state index is -0.951. The van der Waals surface area contributed by atoms with Crippen molar-refractivity contribution in [2.45, 2.75) is 52.4 Å². The van der Waals surface area contributed by atoms with Gasteiger partial charge >= 0.3 is 5.97 Å². The molecular weight excluding hydrogens is 336 g/mol. The lowest BCUT2D eigenvalue weighted by molar-refractivity contribution is -0.131. The highest BCUT2D eigenvalue weighted by Gasteiger charge is 2.26. The van der Waals surface area contributed by atoms with E-state index in [4.69, 9.17) is 9.84 Å². The molecule has 1 heterocycles. The van der Waals surface area contributed by atoms with Crippen LogP contribution in [0.25, 0.3) is 6.08 Å². The van der Waals surface area contributed by atoms with Crippen molar-refractivity contribution < 1.29 is 14.6 Å². The van der Waals surface area contributed by atoms with Crippen molar-refractivity contribution in [1.29, 1.82) is 0 Å². The second-order valence-electron chi connectivity index (χ2n) is 8.89. The van der Waals surface area contributed by atoms with Gasteiger partial charge in [0.15, 0.2) is 0 Å². The van der Waals surface area contributed by atoms with E-state index < -0.39 is 5.97 Å². The summed E-state index contributed by atoms with van der Waals surface area (Å²) in [6.45, 7) is 13.9. The second kappa shape index (κ2) is 7.99. The van der Waals surface area contributed by atoms with Crippen LogP contribution >= 0.6 is 0 Å². The zero-order chi connectivity index (χ0) is 20.2. The first-order valence-corrected chi connectivity index (χ1v) is 9.25. The molecule has 27 heavy (non-hydrogen) atoms. The monoisotopic (exact) mass is 366 g/mol. The van der Waals surface area contributed by atoms with Gasteiger partial charge in [-0.2, -0.15) is 0 Å². The predicted molar refractivity (Wildman–Crippen MR) is 112 cm³/mol. The van der Waals surface area contributed by atoms with Crippen LogP contribution in [0.4, 0.5) is 0 Å². The quantitative estimate of drug-likeness (QED) is 0.540. The number of hydrogen-bond donors (Lipinski definition) is 1. The van der Waals surface area contributed by atoms with Crippen molar-refractivity contribution in [1.82, 2.24) is 0 Å². The highest BCUT2D eigenvalue weighted by atomic mass is 16.5. The Morgan fingerprint density at radius 3 is 2.26 bits per heavy atom. The smallest absolute Gasteiger partial charge is 0.328 e. The van der Waals surface area contributed by atoms with Gasteiger partial charge in [0.2, 0.25) is 0 Å². The summed E-state index contributed by atoms with van der Waals surface area (Å²) in [5.41, 5.74) is 4.81. The molecule has 1 aliphatic heterocycles. The molecule has 1 aliphatic rings. The number of carbonyl (C=O) groups is 1. The number of carboxylic acids is 1. The topological polar surface area (TPSA) is 46.5 Å². The third kappa shape index (κ3) is 5.72. The van der Waals surface area contributed by atoms with Crippen LogP contribution < -0.4 is 4.74 Å². The number of hydrogen-bond acceptors (Lipinski definition) is 2. The molecule has 2 rings (SSSR count). The van der Waals surface area contributed by atoms with Crippen LogP contribution in [0, 0.1) is 0 Å². The Morgan fingerprint density at radius 2 is 1.67 bits per heavy atom. The van der Waals surface area contributed by atoms with Crippen LogP contribution in [-0.4, -0.2) is 17.7 Å². The molecule has 1 aromatic rings. The van der Waals surface area contributed by atoms with Gasteiger partial charge in [-0.25, -0.2) is 4.79 Å². The number of aliphatic carboxylic acids is 1. The lowest BCUT2D eigenvalue weighted by atomic mass is 9.78. The molecule has 144 valence electrons. The zero-order valence-corrected chi connectivity index (χ0v) is 17.2. The second-order valence-corrected chi connectivity index (χ2v) is 8.89. The van der Waals surface area contributed by atoms with E-state index >= 15 is 0 Å². The fourth-order valence-electron chi connectivity index (χ4n) is 2.85. The third-order valence-electron chi connectivity index (χ3n) is 4.40. The van der Waals surface area contributed by atoms with Crippen LogP contribution in [0.15, 0.2) is 54.2 Å². The minimum Gasteiger partial charge on any atom is -0.488 e. The lowest BCUT2D eigenvalue weighted by Gasteiger charge is -2.30. The first-order chi connectivity index (χ1) is 12.5. The molecule has 0 spiro atoms. The SMILES string of the molecule is CC(C)(C)c1cc2c(c(C(C)(C)C)c1)OCC(C=CC=CC=CC(=O)O)=C2. The molecule has 0 unspecified atom stereocenters. The van der Waals surface area contributed by atoms with Crippen LogP contribution in [0.1, 0.15) is 58.2 Å². The van der Waals surface area contributed by atoms with Crippen molar-refractivity contribution in [2.24, 2.45) is 0 Å². The van der Waals surface area contributed by atoms with Gasteiger partial charge in [-0.1, -0.05) is 78.0 Å². The Hall–Kier alpha value is -2.55. The highest BCUT2D eigenvalue weighted by Crippen LogP contribution is 2.41. The third-order valence-corrected chi connectivity index (χ3v) is 4.40. The van der Waals surface area contributed by atoms with E-state index in [1.807, 2.05) is 18.2 Å². The number of carboxylic acid groups (broad SMARTS) is 1. The summed E-state index contributed by atoms with van der Waals surface area (Å²) < 4.78 is 6.14. The standard InChI is InChI=1S/C24H30O3/c1-23(2,3)19-14-18-13-17(11-9-7-8-10-12-21(25)26)16-27-22(18)20(15-19)24(4,5)6/h7-15H,16H2,1-6H3,(H,25,26). The van der Waals surface area contributed by atoms with E-state index in [0.29, 0.717) is 6.61 Å². The van der Waals surface area contributed by atoms with Gasteiger partial charge < -0.3 is 9.84 Å². The molecule has 0 bridgehead atoms. The first kappa shape index (κ1) is 20.8. The molecule has 0 atom stereocenters. The van der Waals surface area contributed by atoms with E-state index in [1.54, 1.807) is 6.08 Å². The van der Waals surface area contributed by atoms with E-state index in [9.17, 15) is 4.79 Å². The summed E-state index contributed by atoms with van der Waals surface area (Å²) in [5.74, 6) is 0.0283. The number of ether oxygens (including phenoxy) is 1. The molecular formula is C24H30O3. The highest BCUT2D eigenvalue weighted by molar-refractivity contribution is 5.80. The molecule has 0 saturated heterocycles. The Balaban J connectivity index is 2.36. The molecule has 3 nitrogen and oxygen atoms in total. The summed E-state index contributed by atoms with van der Waals surface area (Å²) in [6.07, 6.45) is 12.2. The van der Waals surface area contributed by atoms with Gasteiger partial charge in [-0.3, -0.25) is 0 Å². The van der Waals surface area contributed by atoms with Gasteiger partial charge in [0.25, 0.3) is 0 Å². The number of benzene rings is 1. The molecule has 0 fully saturated rings. The average Bonchev–Trinajstić information content (AvgIpc) is 2.54.